The first-order chi connectivity index (χ1) is 13.0. The summed E-state index contributed by atoms with van der Waals surface area (Å²) in [6.45, 7) is 2.22. The Morgan fingerprint density at radius 2 is 1.96 bits per heavy atom. The first-order valence-electron chi connectivity index (χ1n) is 8.59. The summed E-state index contributed by atoms with van der Waals surface area (Å²) in [6.07, 6.45) is 0.444. The lowest BCUT2D eigenvalue weighted by Gasteiger charge is -2.08. The van der Waals surface area contributed by atoms with Gasteiger partial charge < -0.3 is 15.7 Å². The Kier molecular flexibility index (Phi) is 5.97. The van der Waals surface area contributed by atoms with Gasteiger partial charge in [-0.3, -0.25) is 9.59 Å². The number of fused-ring (bicyclic) bond motifs is 1. The molecular formula is C19H20N4O3S. The van der Waals surface area contributed by atoms with E-state index in [1.54, 1.807) is 11.3 Å². The van der Waals surface area contributed by atoms with Crippen LogP contribution in [-0.4, -0.2) is 40.0 Å². The van der Waals surface area contributed by atoms with E-state index in [0.29, 0.717) is 24.6 Å². The molecule has 2 aromatic heterocycles. The number of benzene rings is 1. The van der Waals surface area contributed by atoms with Crippen molar-refractivity contribution in [3.8, 4) is 10.4 Å². The van der Waals surface area contributed by atoms with Gasteiger partial charge >= 0.3 is 5.97 Å². The third-order valence-corrected chi connectivity index (χ3v) is 4.95. The summed E-state index contributed by atoms with van der Waals surface area (Å²) in [4.78, 5) is 33.3. The molecular weight excluding hydrogens is 364 g/mol. The summed E-state index contributed by atoms with van der Waals surface area (Å²) in [7, 11) is 0. The molecule has 0 aliphatic carbocycles. The third kappa shape index (κ3) is 5.01. The number of carboxylic acids is 1. The van der Waals surface area contributed by atoms with Gasteiger partial charge in [0.2, 0.25) is 5.91 Å². The van der Waals surface area contributed by atoms with Gasteiger partial charge in [0, 0.05) is 17.8 Å². The molecule has 7 nitrogen and oxygen atoms in total. The van der Waals surface area contributed by atoms with Crippen molar-refractivity contribution in [3.63, 3.8) is 0 Å². The van der Waals surface area contributed by atoms with Crippen molar-refractivity contribution >= 4 is 39.2 Å². The Hall–Kier alpha value is -3.00. The van der Waals surface area contributed by atoms with Crippen LogP contribution in [-0.2, 0) is 9.59 Å². The number of amides is 1. The molecule has 0 aliphatic heterocycles. The van der Waals surface area contributed by atoms with Gasteiger partial charge in [0.15, 0.2) is 0 Å². The maximum absolute atomic E-state index is 11.9. The molecule has 0 radical (unpaired) electrons. The molecule has 2 heterocycles. The molecule has 3 rings (SSSR count). The minimum atomic E-state index is -0.868. The zero-order valence-electron chi connectivity index (χ0n) is 14.9. The van der Waals surface area contributed by atoms with Gasteiger partial charge in [-0.2, -0.15) is 0 Å². The number of carbonyl (C=O) groups is 2. The maximum Gasteiger partial charge on any atom is 0.303 e. The Labute approximate surface area is 160 Å². The fourth-order valence-electron chi connectivity index (χ4n) is 2.60. The minimum absolute atomic E-state index is 0.0383. The number of nitrogens with zero attached hydrogens (tertiary/aromatic N) is 2. The van der Waals surface area contributed by atoms with E-state index >= 15 is 0 Å². The van der Waals surface area contributed by atoms with Gasteiger partial charge in [0.1, 0.15) is 16.5 Å². The number of hydrogen-bond acceptors (Lipinski definition) is 6. The average molecular weight is 384 g/mol. The van der Waals surface area contributed by atoms with Gasteiger partial charge in [-0.25, -0.2) is 9.97 Å². The zero-order chi connectivity index (χ0) is 19.2. The topological polar surface area (TPSA) is 104 Å². The van der Waals surface area contributed by atoms with Crippen molar-refractivity contribution in [1.82, 2.24) is 15.3 Å². The second-order valence-corrected chi connectivity index (χ2v) is 7.05. The van der Waals surface area contributed by atoms with Crippen molar-refractivity contribution < 1.29 is 14.7 Å². The highest BCUT2D eigenvalue weighted by Crippen LogP contribution is 2.35. The van der Waals surface area contributed by atoms with Gasteiger partial charge in [-0.05, 0) is 25.0 Å². The van der Waals surface area contributed by atoms with Gasteiger partial charge in [0.25, 0.3) is 0 Å². The highest BCUT2D eigenvalue weighted by atomic mass is 32.1. The normalized spacial score (nSPS) is 10.7. The smallest absolute Gasteiger partial charge is 0.303 e. The van der Waals surface area contributed by atoms with Crippen molar-refractivity contribution in [2.45, 2.75) is 19.8 Å². The summed E-state index contributed by atoms with van der Waals surface area (Å²) in [5, 5.41) is 15.2. The molecule has 1 amide bonds. The Morgan fingerprint density at radius 1 is 1.19 bits per heavy atom. The molecule has 0 fully saturated rings. The van der Waals surface area contributed by atoms with Crippen LogP contribution >= 0.6 is 11.3 Å². The molecule has 3 aromatic rings. The van der Waals surface area contributed by atoms with Crippen LogP contribution in [0.15, 0.2) is 36.4 Å². The molecule has 8 heteroatoms. The van der Waals surface area contributed by atoms with Gasteiger partial charge in [0.05, 0.1) is 11.9 Å². The number of aromatic nitrogens is 2. The lowest BCUT2D eigenvalue weighted by atomic mass is 10.2. The number of rotatable bonds is 8. The molecule has 0 saturated carbocycles. The second-order valence-electron chi connectivity index (χ2n) is 6.02. The summed E-state index contributed by atoms with van der Waals surface area (Å²) in [6, 6.07) is 12.1. The Morgan fingerprint density at radius 3 is 2.70 bits per heavy atom. The summed E-state index contributed by atoms with van der Waals surface area (Å²) >= 11 is 1.59. The molecule has 140 valence electrons. The van der Waals surface area contributed by atoms with E-state index in [9.17, 15) is 9.59 Å². The van der Waals surface area contributed by atoms with E-state index in [1.165, 1.54) is 0 Å². The number of anilines is 1. The number of aryl methyl sites for hydroxylation is 1. The predicted molar refractivity (Wildman–Crippen MR) is 106 cm³/mol. The van der Waals surface area contributed by atoms with Crippen molar-refractivity contribution in [1.29, 1.82) is 0 Å². The standard InChI is InChI=1S/C19H20N4O3S/c1-12-22-18(21-11-16(24)20-9-5-8-17(25)26)14-10-15(27-19(14)23-12)13-6-3-2-4-7-13/h2-4,6-7,10H,5,8-9,11H2,1H3,(H,20,24)(H,25,26)(H,21,22,23). The average Bonchev–Trinajstić information content (AvgIpc) is 3.08. The molecule has 3 N–H and O–H groups in total. The van der Waals surface area contributed by atoms with Gasteiger partial charge in [-0.15, -0.1) is 11.3 Å². The van der Waals surface area contributed by atoms with E-state index in [2.05, 4.69) is 20.6 Å². The van der Waals surface area contributed by atoms with E-state index in [1.807, 2.05) is 43.3 Å². The van der Waals surface area contributed by atoms with Crippen LogP contribution in [0, 0.1) is 6.92 Å². The monoisotopic (exact) mass is 384 g/mol. The number of aliphatic carboxylic acids is 1. The first-order valence-corrected chi connectivity index (χ1v) is 9.40. The first kappa shape index (κ1) is 18.8. The fourth-order valence-corrected chi connectivity index (χ4v) is 3.68. The lowest BCUT2D eigenvalue weighted by molar-refractivity contribution is -0.137. The summed E-state index contributed by atoms with van der Waals surface area (Å²) in [5.41, 5.74) is 1.11. The van der Waals surface area contributed by atoms with Crippen LogP contribution in [0.25, 0.3) is 20.7 Å². The Bertz CT molecular complexity index is 956. The van der Waals surface area contributed by atoms with Crippen LogP contribution in [0.5, 0.6) is 0 Å². The predicted octanol–water partition coefficient (Wildman–Crippen LogP) is 3.06. The molecule has 0 saturated heterocycles. The van der Waals surface area contributed by atoms with Crippen molar-refractivity contribution in [2.24, 2.45) is 0 Å². The molecule has 0 spiro atoms. The van der Waals surface area contributed by atoms with Crippen LogP contribution in [0.2, 0.25) is 0 Å². The molecule has 1 aromatic carbocycles. The van der Waals surface area contributed by atoms with E-state index in [4.69, 9.17) is 5.11 Å². The van der Waals surface area contributed by atoms with Crippen LogP contribution in [0.3, 0.4) is 0 Å². The lowest BCUT2D eigenvalue weighted by Crippen LogP contribution is -2.31. The van der Waals surface area contributed by atoms with E-state index < -0.39 is 5.97 Å². The minimum Gasteiger partial charge on any atom is -0.481 e. The van der Waals surface area contributed by atoms with Crippen molar-refractivity contribution in [3.05, 3.63) is 42.2 Å². The van der Waals surface area contributed by atoms with Crippen LogP contribution in [0.1, 0.15) is 18.7 Å². The zero-order valence-corrected chi connectivity index (χ0v) is 15.7. The van der Waals surface area contributed by atoms with Crippen LogP contribution < -0.4 is 10.6 Å². The van der Waals surface area contributed by atoms with Crippen molar-refractivity contribution in [2.75, 3.05) is 18.4 Å². The van der Waals surface area contributed by atoms with Gasteiger partial charge in [-0.1, -0.05) is 30.3 Å². The number of carboxylic acid groups (broad SMARTS) is 1. The number of nitrogens with one attached hydrogen (secondary N) is 2. The quantitative estimate of drug-likeness (QED) is 0.516. The highest BCUT2D eigenvalue weighted by molar-refractivity contribution is 7.21. The number of hydrogen-bond donors (Lipinski definition) is 3. The third-order valence-electron chi connectivity index (χ3n) is 3.87. The summed E-state index contributed by atoms with van der Waals surface area (Å²) in [5.74, 6) is 0.182. The SMILES string of the molecule is Cc1nc(NCC(=O)NCCCC(=O)O)c2cc(-c3ccccc3)sc2n1. The largest absolute Gasteiger partial charge is 0.481 e. The Balaban J connectivity index is 1.70. The number of carbonyl (C=O) groups excluding carboxylic acids is 1. The summed E-state index contributed by atoms with van der Waals surface area (Å²) < 4.78 is 0. The highest BCUT2D eigenvalue weighted by Gasteiger charge is 2.12. The molecule has 0 bridgehead atoms. The maximum atomic E-state index is 11.9. The fraction of sp³-hybridized carbons (Fsp3) is 0.263. The molecule has 0 aliphatic rings. The second kappa shape index (κ2) is 8.59. The van der Waals surface area contributed by atoms with E-state index in [-0.39, 0.29) is 18.9 Å². The molecule has 27 heavy (non-hydrogen) atoms. The molecule has 0 atom stereocenters. The van der Waals surface area contributed by atoms with Crippen LogP contribution in [0.4, 0.5) is 5.82 Å². The molecule has 0 unspecified atom stereocenters. The number of thiophene rings is 1. The van der Waals surface area contributed by atoms with E-state index in [0.717, 1.165) is 20.7 Å².